The molecule has 0 aliphatic heterocycles. The molecule has 1 fully saturated rings. The van der Waals surface area contributed by atoms with Crippen molar-refractivity contribution in [3.05, 3.63) is 22.4 Å². The second kappa shape index (κ2) is 7.67. The molecule has 140 valence electrons. The first-order valence-electron chi connectivity index (χ1n) is 8.90. The van der Waals surface area contributed by atoms with E-state index in [4.69, 9.17) is 9.26 Å². The maximum Gasteiger partial charge on any atom is 0.361 e. The van der Waals surface area contributed by atoms with E-state index in [1.165, 1.54) is 10.9 Å². The summed E-state index contributed by atoms with van der Waals surface area (Å²) in [6, 6.07) is -0.570. The summed E-state index contributed by atoms with van der Waals surface area (Å²) in [5.74, 6) is -0.983. The number of esters is 1. The minimum atomic E-state index is -0.758. The highest BCUT2D eigenvalue weighted by molar-refractivity contribution is 5.99. The first kappa shape index (κ1) is 18.1. The van der Waals surface area contributed by atoms with Crippen molar-refractivity contribution in [2.75, 3.05) is 6.61 Å². The zero-order valence-corrected chi connectivity index (χ0v) is 14.9. The van der Waals surface area contributed by atoms with Gasteiger partial charge in [-0.05, 0) is 26.2 Å². The molecule has 1 amide bonds. The molecule has 2 heterocycles. The van der Waals surface area contributed by atoms with Crippen molar-refractivity contribution < 1.29 is 18.8 Å². The van der Waals surface area contributed by atoms with Crippen LogP contribution in [0.2, 0.25) is 0 Å². The van der Waals surface area contributed by atoms with E-state index < -0.39 is 17.6 Å². The Balaban J connectivity index is 1.96. The van der Waals surface area contributed by atoms with E-state index in [-0.39, 0.29) is 35.3 Å². The largest absolute Gasteiger partial charge is 0.461 e. The van der Waals surface area contributed by atoms with Crippen LogP contribution in [0.25, 0.3) is 11.1 Å². The van der Waals surface area contributed by atoms with Gasteiger partial charge >= 0.3 is 5.97 Å². The third-order valence-corrected chi connectivity index (χ3v) is 4.62. The molecule has 0 bridgehead atoms. The molecule has 2 aromatic heterocycles. The molecule has 3 rings (SSSR count). The van der Waals surface area contributed by atoms with E-state index in [9.17, 15) is 14.4 Å². The SMILES string of the molecule is CCOC(=O)c1noc2ncn(C(CC)C(=O)NC3CCCC3)c(=O)c12. The fourth-order valence-corrected chi connectivity index (χ4v) is 3.30. The van der Waals surface area contributed by atoms with Crippen molar-refractivity contribution in [3.63, 3.8) is 0 Å². The van der Waals surface area contributed by atoms with Crippen LogP contribution in [-0.2, 0) is 9.53 Å². The molecule has 2 aromatic rings. The lowest BCUT2D eigenvalue weighted by atomic mass is 10.1. The third kappa shape index (κ3) is 3.33. The van der Waals surface area contributed by atoms with E-state index in [1.54, 1.807) is 6.92 Å². The van der Waals surface area contributed by atoms with Crippen LogP contribution in [0.15, 0.2) is 15.6 Å². The maximum atomic E-state index is 12.9. The molecular weight excluding hydrogens is 340 g/mol. The van der Waals surface area contributed by atoms with Gasteiger partial charge in [-0.3, -0.25) is 14.2 Å². The fourth-order valence-electron chi connectivity index (χ4n) is 3.30. The van der Waals surface area contributed by atoms with Gasteiger partial charge in [0.25, 0.3) is 11.3 Å². The number of aromatic nitrogens is 3. The molecule has 9 nitrogen and oxygen atoms in total. The number of fused-ring (bicyclic) bond motifs is 1. The van der Waals surface area contributed by atoms with Crippen molar-refractivity contribution in [1.29, 1.82) is 0 Å². The maximum absolute atomic E-state index is 12.9. The molecule has 0 aromatic carbocycles. The lowest BCUT2D eigenvalue weighted by Crippen LogP contribution is -2.41. The average molecular weight is 362 g/mol. The third-order valence-electron chi connectivity index (χ3n) is 4.62. The minimum Gasteiger partial charge on any atom is -0.461 e. The molecule has 1 aliphatic rings. The van der Waals surface area contributed by atoms with Gasteiger partial charge < -0.3 is 14.6 Å². The number of nitrogens with zero attached hydrogens (tertiary/aromatic N) is 3. The van der Waals surface area contributed by atoms with Gasteiger partial charge in [0.2, 0.25) is 11.6 Å². The Labute approximate surface area is 149 Å². The monoisotopic (exact) mass is 362 g/mol. The van der Waals surface area contributed by atoms with Crippen LogP contribution in [0.5, 0.6) is 0 Å². The predicted molar refractivity (Wildman–Crippen MR) is 91.7 cm³/mol. The van der Waals surface area contributed by atoms with Crippen molar-refractivity contribution >= 4 is 23.0 Å². The minimum absolute atomic E-state index is 0.0552. The molecule has 0 spiro atoms. The van der Waals surface area contributed by atoms with Gasteiger partial charge in [0.1, 0.15) is 17.8 Å². The lowest BCUT2D eigenvalue weighted by molar-refractivity contribution is -0.125. The summed E-state index contributed by atoms with van der Waals surface area (Å²) >= 11 is 0. The Bertz CT molecular complexity index is 866. The molecule has 1 N–H and O–H groups in total. The number of ether oxygens (including phenoxy) is 1. The van der Waals surface area contributed by atoms with E-state index in [0.29, 0.717) is 6.42 Å². The average Bonchev–Trinajstić information content (AvgIpc) is 3.27. The van der Waals surface area contributed by atoms with Gasteiger partial charge in [-0.2, -0.15) is 0 Å². The van der Waals surface area contributed by atoms with Gasteiger partial charge in [0.05, 0.1) is 6.61 Å². The van der Waals surface area contributed by atoms with Gasteiger partial charge in [-0.15, -0.1) is 0 Å². The predicted octanol–water partition coefficient (Wildman–Crippen LogP) is 1.57. The number of hydrogen-bond donors (Lipinski definition) is 1. The highest BCUT2D eigenvalue weighted by Gasteiger charge is 2.28. The van der Waals surface area contributed by atoms with Crippen LogP contribution in [0.1, 0.15) is 62.5 Å². The quantitative estimate of drug-likeness (QED) is 0.775. The molecule has 1 saturated carbocycles. The molecule has 1 atom stereocenters. The van der Waals surface area contributed by atoms with Crippen LogP contribution in [0.4, 0.5) is 0 Å². The van der Waals surface area contributed by atoms with Crippen molar-refractivity contribution in [3.8, 4) is 0 Å². The van der Waals surface area contributed by atoms with Crippen molar-refractivity contribution in [1.82, 2.24) is 20.0 Å². The van der Waals surface area contributed by atoms with Crippen LogP contribution >= 0.6 is 0 Å². The summed E-state index contributed by atoms with van der Waals surface area (Å²) in [7, 11) is 0. The van der Waals surface area contributed by atoms with E-state index in [1.807, 2.05) is 6.92 Å². The molecule has 26 heavy (non-hydrogen) atoms. The summed E-state index contributed by atoms with van der Waals surface area (Å²) in [4.78, 5) is 41.6. The smallest absolute Gasteiger partial charge is 0.361 e. The second-order valence-electron chi connectivity index (χ2n) is 6.30. The summed E-state index contributed by atoms with van der Waals surface area (Å²) < 4.78 is 11.1. The number of rotatable bonds is 6. The highest BCUT2D eigenvalue weighted by atomic mass is 16.5. The molecule has 1 aliphatic carbocycles. The van der Waals surface area contributed by atoms with E-state index in [2.05, 4.69) is 15.5 Å². The Kier molecular flexibility index (Phi) is 5.34. The van der Waals surface area contributed by atoms with Crippen LogP contribution in [-0.4, -0.2) is 39.2 Å². The van der Waals surface area contributed by atoms with Crippen LogP contribution in [0.3, 0.4) is 0 Å². The Morgan fingerprint density at radius 2 is 2.12 bits per heavy atom. The van der Waals surface area contributed by atoms with E-state index >= 15 is 0 Å². The highest BCUT2D eigenvalue weighted by Crippen LogP contribution is 2.20. The van der Waals surface area contributed by atoms with Crippen LogP contribution in [0, 0.1) is 0 Å². The molecule has 0 saturated heterocycles. The first-order valence-corrected chi connectivity index (χ1v) is 8.90. The van der Waals surface area contributed by atoms with Crippen molar-refractivity contribution in [2.45, 2.75) is 58.0 Å². The molecule has 9 heteroatoms. The Morgan fingerprint density at radius 1 is 1.38 bits per heavy atom. The van der Waals surface area contributed by atoms with Gasteiger partial charge in [-0.25, -0.2) is 9.78 Å². The zero-order valence-electron chi connectivity index (χ0n) is 14.9. The number of hydrogen-bond acceptors (Lipinski definition) is 7. The summed E-state index contributed by atoms with van der Waals surface area (Å²) in [5.41, 5.74) is -0.826. The number of amides is 1. The first-order chi connectivity index (χ1) is 12.6. The summed E-state index contributed by atoms with van der Waals surface area (Å²) in [6.45, 7) is 3.61. The standard InChI is InChI=1S/C17H22N4O5/c1-3-11(14(22)19-10-7-5-6-8-10)21-9-18-15-12(16(21)23)13(20-26-15)17(24)25-4-2/h9-11H,3-8H2,1-2H3,(H,19,22). The Morgan fingerprint density at radius 3 is 2.77 bits per heavy atom. The van der Waals surface area contributed by atoms with Gasteiger partial charge in [-0.1, -0.05) is 24.9 Å². The van der Waals surface area contributed by atoms with Crippen LogP contribution < -0.4 is 10.9 Å². The molecular formula is C17H22N4O5. The van der Waals surface area contributed by atoms with Gasteiger partial charge in [0, 0.05) is 6.04 Å². The zero-order chi connectivity index (χ0) is 18.7. The number of carbonyl (C=O) groups is 2. The summed E-state index contributed by atoms with van der Waals surface area (Å²) in [6.07, 6.45) is 5.76. The lowest BCUT2D eigenvalue weighted by Gasteiger charge is -2.20. The fraction of sp³-hybridized carbons (Fsp3) is 0.588. The number of nitrogens with one attached hydrogen (secondary N) is 1. The molecule has 1 unspecified atom stereocenters. The number of carbonyl (C=O) groups excluding carboxylic acids is 2. The topological polar surface area (TPSA) is 116 Å². The second-order valence-corrected chi connectivity index (χ2v) is 6.30. The Hall–Kier alpha value is -2.71. The summed E-state index contributed by atoms with van der Waals surface area (Å²) in [5, 5.41) is 6.53. The normalized spacial score (nSPS) is 15.9. The molecule has 0 radical (unpaired) electrons. The van der Waals surface area contributed by atoms with Gasteiger partial charge in [0.15, 0.2) is 0 Å². The van der Waals surface area contributed by atoms with Crippen molar-refractivity contribution in [2.24, 2.45) is 0 Å². The van der Waals surface area contributed by atoms with E-state index in [0.717, 1.165) is 25.7 Å².